The normalized spacial score (nSPS) is 15.6. The van der Waals surface area contributed by atoms with Gasteiger partial charge in [0.2, 0.25) is 0 Å². The second-order valence-corrected chi connectivity index (χ2v) is 3.28. The van der Waals surface area contributed by atoms with Crippen molar-refractivity contribution in [3.05, 3.63) is 0 Å². The van der Waals surface area contributed by atoms with Crippen molar-refractivity contribution in [2.45, 2.75) is 44.6 Å². The summed E-state index contributed by atoms with van der Waals surface area (Å²) in [6.45, 7) is -0.648. The SMILES string of the molecule is CC(F)(F)OC(F)(C(C)(F)F)C(C)(F)F. The van der Waals surface area contributed by atoms with Crippen molar-refractivity contribution >= 4 is 0 Å². The van der Waals surface area contributed by atoms with Gasteiger partial charge in [-0.15, -0.1) is 0 Å². The van der Waals surface area contributed by atoms with Crippen molar-refractivity contribution in [3.63, 3.8) is 0 Å². The zero-order valence-electron chi connectivity index (χ0n) is 8.05. The van der Waals surface area contributed by atoms with Crippen molar-refractivity contribution in [3.8, 4) is 0 Å². The summed E-state index contributed by atoms with van der Waals surface area (Å²) in [5.41, 5.74) is 0. The highest BCUT2D eigenvalue weighted by molar-refractivity contribution is 4.93. The molecule has 0 aromatic rings. The predicted molar refractivity (Wildman–Crippen MR) is 36.8 cm³/mol. The summed E-state index contributed by atoms with van der Waals surface area (Å²) < 4.78 is 90.2. The van der Waals surface area contributed by atoms with Crippen LogP contribution in [0.1, 0.15) is 20.8 Å². The monoisotopic (exact) mass is 242 g/mol. The molecule has 0 aliphatic heterocycles. The minimum absolute atomic E-state index is 0.112. The fourth-order valence-electron chi connectivity index (χ4n) is 0.812. The molecule has 0 aromatic carbocycles. The Labute approximate surface area is 81.2 Å². The fourth-order valence-corrected chi connectivity index (χ4v) is 0.812. The predicted octanol–water partition coefficient (Wildman–Crippen LogP) is 3.59. The largest absolute Gasteiger partial charge is 0.355 e. The van der Waals surface area contributed by atoms with Crippen LogP contribution in [0.2, 0.25) is 0 Å². The average Bonchev–Trinajstić information content (AvgIpc) is 1.77. The van der Waals surface area contributed by atoms with E-state index < -0.39 is 23.8 Å². The molecule has 15 heavy (non-hydrogen) atoms. The van der Waals surface area contributed by atoms with E-state index in [1.165, 1.54) is 0 Å². The molecule has 0 saturated heterocycles. The van der Waals surface area contributed by atoms with E-state index in [4.69, 9.17) is 0 Å². The van der Waals surface area contributed by atoms with Gasteiger partial charge in [0.15, 0.2) is 0 Å². The molecule has 0 amide bonds. The third kappa shape index (κ3) is 3.22. The van der Waals surface area contributed by atoms with Crippen LogP contribution in [0, 0.1) is 0 Å². The van der Waals surface area contributed by atoms with Crippen LogP contribution >= 0.6 is 0 Å². The third-order valence-electron chi connectivity index (χ3n) is 1.45. The van der Waals surface area contributed by atoms with Crippen molar-refractivity contribution in [1.29, 1.82) is 0 Å². The van der Waals surface area contributed by atoms with Crippen LogP contribution in [0.3, 0.4) is 0 Å². The molecule has 0 aliphatic rings. The van der Waals surface area contributed by atoms with Crippen LogP contribution in [-0.2, 0) is 4.74 Å². The lowest BCUT2D eigenvalue weighted by atomic mass is 10.1. The van der Waals surface area contributed by atoms with Gasteiger partial charge in [-0.25, -0.2) is 17.6 Å². The van der Waals surface area contributed by atoms with E-state index >= 15 is 0 Å². The van der Waals surface area contributed by atoms with Crippen LogP contribution in [0.5, 0.6) is 0 Å². The van der Waals surface area contributed by atoms with Gasteiger partial charge >= 0.3 is 23.8 Å². The molecular formula is C7H9F7O. The highest BCUT2D eigenvalue weighted by Crippen LogP contribution is 2.47. The van der Waals surface area contributed by atoms with Gasteiger partial charge < -0.3 is 0 Å². The van der Waals surface area contributed by atoms with Gasteiger partial charge in [-0.1, -0.05) is 0 Å². The summed E-state index contributed by atoms with van der Waals surface area (Å²) in [5, 5.41) is 0. The molecule has 1 nitrogen and oxygen atoms in total. The van der Waals surface area contributed by atoms with Crippen LogP contribution in [0.4, 0.5) is 30.7 Å². The molecule has 0 fully saturated rings. The van der Waals surface area contributed by atoms with E-state index in [-0.39, 0.29) is 20.8 Å². The second-order valence-electron chi connectivity index (χ2n) is 3.28. The standard InChI is InChI=1S/C7H9F7O/c1-4(8,9)7(14,5(2,10)11)15-6(3,12)13/h1-3H3. The Bertz CT molecular complexity index is 207. The fraction of sp³-hybridized carbons (Fsp3) is 1.00. The number of alkyl halides is 7. The van der Waals surface area contributed by atoms with Gasteiger partial charge in [-0.2, -0.15) is 13.2 Å². The first kappa shape index (κ1) is 14.5. The first-order valence-electron chi connectivity index (χ1n) is 3.73. The summed E-state index contributed by atoms with van der Waals surface area (Å²) in [5.74, 6) is -14.6. The lowest BCUT2D eigenvalue weighted by Gasteiger charge is -2.36. The molecule has 0 saturated carbocycles. The minimum Gasteiger partial charge on any atom is -0.272 e. The summed E-state index contributed by atoms with van der Waals surface area (Å²) in [7, 11) is 0. The van der Waals surface area contributed by atoms with E-state index in [2.05, 4.69) is 4.74 Å². The summed E-state index contributed by atoms with van der Waals surface area (Å²) in [4.78, 5) is 0. The molecule has 0 N–H and O–H groups in total. The molecule has 0 spiro atoms. The third-order valence-corrected chi connectivity index (χ3v) is 1.45. The maximum Gasteiger partial charge on any atom is 0.355 e. The van der Waals surface area contributed by atoms with Gasteiger partial charge in [0.25, 0.3) is 0 Å². The highest BCUT2D eigenvalue weighted by atomic mass is 19.3. The van der Waals surface area contributed by atoms with Crippen molar-refractivity contribution in [1.82, 2.24) is 0 Å². The van der Waals surface area contributed by atoms with Crippen molar-refractivity contribution in [2.75, 3.05) is 0 Å². The quantitative estimate of drug-likeness (QED) is 0.684. The molecule has 0 bridgehead atoms. The maximum absolute atomic E-state index is 13.1. The Kier molecular flexibility index (Phi) is 3.37. The molecule has 8 heteroatoms. The van der Waals surface area contributed by atoms with Gasteiger partial charge in [0, 0.05) is 20.8 Å². The summed E-state index contributed by atoms with van der Waals surface area (Å²) in [6, 6.07) is 0. The van der Waals surface area contributed by atoms with E-state index in [1.54, 1.807) is 0 Å². The first-order valence-corrected chi connectivity index (χ1v) is 3.73. The Morgan fingerprint density at radius 2 is 0.933 bits per heavy atom. The number of halogens is 7. The molecule has 0 radical (unpaired) electrons. The summed E-state index contributed by atoms with van der Waals surface area (Å²) >= 11 is 0. The second kappa shape index (κ2) is 3.50. The number of hydrogen-bond donors (Lipinski definition) is 0. The lowest BCUT2D eigenvalue weighted by molar-refractivity contribution is -0.424. The van der Waals surface area contributed by atoms with Gasteiger partial charge in [-0.05, 0) is 0 Å². The molecule has 0 rings (SSSR count). The Balaban J connectivity index is 5.26. The van der Waals surface area contributed by atoms with E-state index in [0.29, 0.717) is 0 Å². The smallest absolute Gasteiger partial charge is 0.272 e. The average molecular weight is 242 g/mol. The van der Waals surface area contributed by atoms with Crippen molar-refractivity contribution in [2.24, 2.45) is 0 Å². The molecular weight excluding hydrogens is 233 g/mol. The van der Waals surface area contributed by atoms with Gasteiger partial charge in [0.1, 0.15) is 0 Å². The number of ether oxygens (including phenoxy) is 1. The Morgan fingerprint density at radius 3 is 1.00 bits per heavy atom. The van der Waals surface area contributed by atoms with Crippen LogP contribution in [0.15, 0.2) is 0 Å². The highest BCUT2D eigenvalue weighted by Gasteiger charge is 2.69. The Morgan fingerprint density at radius 1 is 0.667 bits per heavy atom. The van der Waals surface area contributed by atoms with Crippen LogP contribution in [0.25, 0.3) is 0 Å². The van der Waals surface area contributed by atoms with Crippen LogP contribution in [-0.4, -0.2) is 23.8 Å². The molecule has 0 aromatic heterocycles. The van der Waals surface area contributed by atoms with E-state index in [9.17, 15) is 30.7 Å². The maximum atomic E-state index is 13.1. The van der Waals surface area contributed by atoms with Gasteiger partial charge in [0.05, 0.1) is 0 Å². The zero-order chi connectivity index (χ0) is 12.7. The summed E-state index contributed by atoms with van der Waals surface area (Å²) in [6.07, 6.45) is -4.44. The van der Waals surface area contributed by atoms with Crippen molar-refractivity contribution < 1.29 is 35.5 Å². The molecule has 0 unspecified atom stereocenters. The van der Waals surface area contributed by atoms with E-state index in [0.717, 1.165) is 0 Å². The Hall–Kier alpha value is -0.530. The number of rotatable bonds is 4. The van der Waals surface area contributed by atoms with E-state index in [1.807, 2.05) is 0 Å². The molecule has 92 valence electrons. The molecule has 0 heterocycles. The zero-order valence-corrected chi connectivity index (χ0v) is 8.05. The first-order chi connectivity index (χ1) is 6.21. The topological polar surface area (TPSA) is 9.23 Å². The molecule has 0 atom stereocenters. The number of hydrogen-bond acceptors (Lipinski definition) is 1. The molecule has 0 aliphatic carbocycles. The lowest BCUT2D eigenvalue weighted by Crippen LogP contribution is -2.58. The minimum atomic E-state index is -5.06. The van der Waals surface area contributed by atoms with Gasteiger partial charge in [-0.3, -0.25) is 4.74 Å². The van der Waals surface area contributed by atoms with Crippen LogP contribution < -0.4 is 0 Å².